The molecule has 0 aromatic rings. The first-order chi connectivity index (χ1) is 6.36. The summed E-state index contributed by atoms with van der Waals surface area (Å²) in [6.45, 7) is 0.976. The van der Waals surface area contributed by atoms with E-state index in [0.29, 0.717) is 12.1 Å². The summed E-state index contributed by atoms with van der Waals surface area (Å²) >= 11 is 0. The third kappa shape index (κ3) is 2.44. The van der Waals surface area contributed by atoms with E-state index in [1.54, 1.807) is 0 Å². The van der Waals surface area contributed by atoms with Crippen molar-refractivity contribution < 1.29 is 4.74 Å². The Labute approximate surface area is 80.8 Å². The molecule has 76 valence electrons. The standard InChI is InChI=1S/C11H21NO/c12-11(9-3-1-4-9)7-6-10-5-2-8-13-10/h9-11H,1-8,12H2. The van der Waals surface area contributed by atoms with Crippen molar-refractivity contribution in [3.05, 3.63) is 0 Å². The average molecular weight is 183 g/mol. The number of ether oxygens (including phenoxy) is 1. The van der Waals surface area contributed by atoms with Crippen molar-refractivity contribution >= 4 is 0 Å². The van der Waals surface area contributed by atoms with Gasteiger partial charge in [0.05, 0.1) is 6.10 Å². The second kappa shape index (κ2) is 4.43. The molecule has 0 bridgehead atoms. The molecule has 0 aromatic carbocycles. The smallest absolute Gasteiger partial charge is 0.0576 e. The van der Waals surface area contributed by atoms with Gasteiger partial charge in [0.25, 0.3) is 0 Å². The van der Waals surface area contributed by atoms with Crippen LogP contribution in [0.15, 0.2) is 0 Å². The van der Waals surface area contributed by atoms with E-state index in [0.717, 1.165) is 12.5 Å². The van der Waals surface area contributed by atoms with Crippen molar-refractivity contribution in [3.8, 4) is 0 Å². The van der Waals surface area contributed by atoms with Gasteiger partial charge in [0.15, 0.2) is 0 Å². The minimum absolute atomic E-state index is 0.456. The zero-order valence-electron chi connectivity index (χ0n) is 8.37. The molecule has 2 aliphatic rings. The molecule has 1 heterocycles. The normalized spacial score (nSPS) is 31.6. The first kappa shape index (κ1) is 9.47. The molecule has 2 fully saturated rings. The molecule has 0 spiro atoms. The Hall–Kier alpha value is -0.0800. The summed E-state index contributed by atoms with van der Waals surface area (Å²) in [7, 11) is 0. The van der Waals surface area contributed by atoms with Gasteiger partial charge in [-0.05, 0) is 44.4 Å². The van der Waals surface area contributed by atoms with Gasteiger partial charge in [-0.25, -0.2) is 0 Å². The summed E-state index contributed by atoms with van der Waals surface area (Å²) in [5, 5.41) is 0. The van der Waals surface area contributed by atoms with Crippen LogP contribution in [-0.4, -0.2) is 18.8 Å². The lowest BCUT2D eigenvalue weighted by Gasteiger charge is -2.31. The molecule has 0 radical (unpaired) electrons. The van der Waals surface area contributed by atoms with Crippen molar-refractivity contribution in [2.75, 3.05) is 6.61 Å². The maximum absolute atomic E-state index is 6.10. The molecule has 0 amide bonds. The van der Waals surface area contributed by atoms with Gasteiger partial charge >= 0.3 is 0 Å². The summed E-state index contributed by atoms with van der Waals surface area (Å²) in [6.07, 6.45) is 9.55. The zero-order valence-corrected chi connectivity index (χ0v) is 8.37. The van der Waals surface area contributed by atoms with Crippen LogP contribution in [0.2, 0.25) is 0 Å². The fourth-order valence-electron chi connectivity index (χ4n) is 2.35. The fourth-order valence-corrected chi connectivity index (χ4v) is 2.35. The number of hydrogen-bond donors (Lipinski definition) is 1. The first-order valence-electron chi connectivity index (χ1n) is 5.73. The number of rotatable bonds is 4. The maximum Gasteiger partial charge on any atom is 0.0576 e. The van der Waals surface area contributed by atoms with Gasteiger partial charge in [-0.2, -0.15) is 0 Å². The summed E-state index contributed by atoms with van der Waals surface area (Å²) < 4.78 is 5.58. The number of nitrogens with two attached hydrogens (primary N) is 1. The van der Waals surface area contributed by atoms with Gasteiger partial charge in [-0.15, -0.1) is 0 Å². The lowest BCUT2D eigenvalue weighted by molar-refractivity contribution is 0.0963. The van der Waals surface area contributed by atoms with Crippen molar-refractivity contribution in [2.45, 2.75) is 57.1 Å². The van der Waals surface area contributed by atoms with E-state index in [2.05, 4.69) is 0 Å². The molecule has 13 heavy (non-hydrogen) atoms. The molecule has 1 aliphatic carbocycles. The summed E-state index contributed by atoms with van der Waals surface area (Å²) in [5.74, 6) is 0.835. The molecule has 2 unspecified atom stereocenters. The minimum atomic E-state index is 0.456. The molecule has 2 nitrogen and oxygen atoms in total. The Bertz CT molecular complexity index is 150. The van der Waals surface area contributed by atoms with E-state index in [1.165, 1.54) is 44.9 Å². The van der Waals surface area contributed by atoms with Gasteiger partial charge in [-0.3, -0.25) is 0 Å². The van der Waals surface area contributed by atoms with Crippen molar-refractivity contribution in [3.63, 3.8) is 0 Å². The van der Waals surface area contributed by atoms with Gasteiger partial charge in [0, 0.05) is 12.6 Å². The highest BCUT2D eigenvalue weighted by Crippen LogP contribution is 2.31. The summed E-state index contributed by atoms with van der Waals surface area (Å²) in [5.41, 5.74) is 6.10. The maximum atomic E-state index is 6.10. The van der Waals surface area contributed by atoms with Crippen LogP contribution in [0, 0.1) is 5.92 Å². The molecule has 2 atom stereocenters. The van der Waals surface area contributed by atoms with E-state index in [-0.39, 0.29) is 0 Å². The second-order valence-electron chi connectivity index (χ2n) is 4.57. The van der Waals surface area contributed by atoms with E-state index >= 15 is 0 Å². The van der Waals surface area contributed by atoms with E-state index in [4.69, 9.17) is 10.5 Å². The highest BCUT2D eigenvalue weighted by Gasteiger charge is 2.25. The molecule has 1 saturated heterocycles. The molecule has 2 heteroatoms. The van der Waals surface area contributed by atoms with Crippen molar-refractivity contribution in [1.29, 1.82) is 0 Å². The minimum Gasteiger partial charge on any atom is -0.378 e. The third-order valence-corrected chi connectivity index (χ3v) is 3.60. The average Bonchev–Trinajstić information content (AvgIpc) is 2.49. The van der Waals surface area contributed by atoms with Crippen molar-refractivity contribution in [1.82, 2.24) is 0 Å². The third-order valence-electron chi connectivity index (χ3n) is 3.60. The zero-order chi connectivity index (χ0) is 9.10. The lowest BCUT2D eigenvalue weighted by Crippen LogP contribution is -2.35. The van der Waals surface area contributed by atoms with Crippen LogP contribution in [-0.2, 0) is 4.74 Å². The predicted octanol–water partition coefficient (Wildman–Crippen LogP) is 2.07. The van der Waals surface area contributed by atoms with Crippen LogP contribution >= 0.6 is 0 Å². The van der Waals surface area contributed by atoms with Crippen LogP contribution < -0.4 is 5.73 Å². The van der Waals surface area contributed by atoms with Crippen molar-refractivity contribution in [2.24, 2.45) is 11.7 Å². The highest BCUT2D eigenvalue weighted by molar-refractivity contribution is 4.81. The molecule has 1 saturated carbocycles. The van der Waals surface area contributed by atoms with Crippen LogP contribution in [0.3, 0.4) is 0 Å². The van der Waals surface area contributed by atoms with Gasteiger partial charge < -0.3 is 10.5 Å². The van der Waals surface area contributed by atoms with E-state index in [1.807, 2.05) is 0 Å². The second-order valence-corrected chi connectivity index (χ2v) is 4.57. The quantitative estimate of drug-likeness (QED) is 0.724. The van der Waals surface area contributed by atoms with E-state index < -0.39 is 0 Å². The van der Waals surface area contributed by atoms with Crippen LogP contribution in [0.4, 0.5) is 0 Å². The predicted molar refractivity (Wildman–Crippen MR) is 53.5 cm³/mol. The van der Waals surface area contributed by atoms with Crippen LogP contribution in [0.1, 0.15) is 44.9 Å². The van der Waals surface area contributed by atoms with E-state index in [9.17, 15) is 0 Å². The highest BCUT2D eigenvalue weighted by atomic mass is 16.5. The largest absolute Gasteiger partial charge is 0.378 e. The molecular formula is C11H21NO. The molecule has 2 rings (SSSR count). The summed E-state index contributed by atoms with van der Waals surface area (Å²) in [4.78, 5) is 0. The number of hydrogen-bond acceptors (Lipinski definition) is 2. The van der Waals surface area contributed by atoms with Crippen LogP contribution in [0.25, 0.3) is 0 Å². The monoisotopic (exact) mass is 183 g/mol. The Morgan fingerprint density at radius 2 is 2.08 bits per heavy atom. The molecular weight excluding hydrogens is 162 g/mol. The summed E-state index contributed by atoms with van der Waals surface area (Å²) in [6, 6.07) is 0.456. The fraction of sp³-hybridized carbons (Fsp3) is 1.00. The Morgan fingerprint density at radius 1 is 1.23 bits per heavy atom. The molecule has 0 aromatic heterocycles. The lowest BCUT2D eigenvalue weighted by atomic mass is 9.78. The van der Waals surface area contributed by atoms with Gasteiger partial charge in [0.2, 0.25) is 0 Å². The Kier molecular flexibility index (Phi) is 3.23. The van der Waals surface area contributed by atoms with Crippen LogP contribution in [0.5, 0.6) is 0 Å². The first-order valence-corrected chi connectivity index (χ1v) is 5.73. The van der Waals surface area contributed by atoms with Gasteiger partial charge in [0.1, 0.15) is 0 Å². The topological polar surface area (TPSA) is 35.2 Å². The molecule has 1 aliphatic heterocycles. The SMILES string of the molecule is NC(CCC1CCCO1)C1CCC1. The Balaban J connectivity index is 1.60. The van der Waals surface area contributed by atoms with Gasteiger partial charge in [-0.1, -0.05) is 6.42 Å². The Morgan fingerprint density at radius 3 is 2.62 bits per heavy atom. The molecule has 2 N–H and O–H groups in total.